The highest BCUT2D eigenvalue weighted by molar-refractivity contribution is 7.90. The molecule has 0 aromatic heterocycles. The van der Waals surface area contributed by atoms with Gasteiger partial charge in [-0.2, -0.15) is 13.2 Å². The van der Waals surface area contributed by atoms with Gasteiger partial charge in [0, 0.05) is 6.26 Å². The molecule has 0 saturated heterocycles. The molecule has 0 heterocycles. The summed E-state index contributed by atoms with van der Waals surface area (Å²) in [5.41, 5.74) is 2.61. The van der Waals surface area contributed by atoms with Crippen molar-refractivity contribution in [3.05, 3.63) is 77.9 Å². The van der Waals surface area contributed by atoms with Crippen molar-refractivity contribution in [1.82, 2.24) is 0 Å². The fourth-order valence-electron chi connectivity index (χ4n) is 2.91. The molecule has 0 saturated carbocycles. The molecule has 0 aliphatic carbocycles. The second kappa shape index (κ2) is 6.85. The van der Waals surface area contributed by atoms with Crippen LogP contribution in [0.15, 0.2) is 71.6 Å². The van der Waals surface area contributed by atoms with Crippen LogP contribution in [0.3, 0.4) is 0 Å². The van der Waals surface area contributed by atoms with Crippen LogP contribution in [0.25, 0.3) is 22.3 Å². The number of hydrogen-bond acceptors (Lipinski definition) is 2. The predicted octanol–water partition coefficient (Wildman–Crippen LogP) is 5.75. The Kier molecular flexibility index (Phi) is 4.86. The van der Waals surface area contributed by atoms with Crippen molar-refractivity contribution in [3.8, 4) is 22.3 Å². The fraction of sp³-hybridized carbons (Fsp3) is 0.143. The van der Waals surface area contributed by atoms with E-state index in [1.807, 2.05) is 31.2 Å². The van der Waals surface area contributed by atoms with E-state index < -0.39 is 21.6 Å². The number of halogens is 3. The molecule has 0 unspecified atom stereocenters. The third kappa shape index (κ3) is 4.22. The molecule has 27 heavy (non-hydrogen) atoms. The van der Waals surface area contributed by atoms with Crippen LogP contribution in [-0.4, -0.2) is 14.7 Å². The van der Waals surface area contributed by atoms with E-state index in [1.165, 1.54) is 30.3 Å². The Balaban J connectivity index is 2.22. The Morgan fingerprint density at radius 1 is 0.778 bits per heavy atom. The summed E-state index contributed by atoms with van der Waals surface area (Å²) >= 11 is 0. The van der Waals surface area contributed by atoms with E-state index in [1.54, 1.807) is 0 Å². The summed E-state index contributed by atoms with van der Waals surface area (Å²) in [6.07, 6.45) is -3.38. The summed E-state index contributed by atoms with van der Waals surface area (Å²) in [5, 5.41) is 0. The van der Waals surface area contributed by atoms with Crippen molar-refractivity contribution < 1.29 is 21.6 Å². The average Bonchev–Trinajstić information content (AvgIpc) is 2.60. The normalized spacial score (nSPS) is 12.2. The maximum atomic E-state index is 13.2. The largest absolute Gasteiger partial charge is 0.416 e. The first kappa shape index (κ1) is 19.2. The lowest BCUT2D eigenvalue weighted by molar-refractivity contribution is -0.137. The Morgan fingerprint density at radius 3 is 2.00 bits per heavy atom. The molecule has 0 fully saturated rings. The highest BCUT2D eigenvalue weighted by Crippen LogP contribution is 2.38. The van der Waals surface area contributed by atoms with Gasteiger partial charge in [-0.3, -0.25) is 0 Å². The van der Waals surface area contributed by atoms with Gasteiger partial charge < -0.3 is 0 Å². The Hall–Kier alpha value is -2.60. The number of rotatable bonds is 3. The summed E-state index contributed by atoms with van der Waals surface area (Å²) < 4.78 is 63.0. The van der Waals surface area contributed by atoms with Crippen LogP contribution >= 0.6 is 0 Å². The van der Waals surface area contributed by atoms with Crippen molar-refractivity contribution in [2.24, 2.45) is 0 Å². The molecule has 3 aromatic carbocycles. The van der Waals surface area contributed by atoms with Crippen molar-refractivity contribution in [3.63, 3.8) is 0 Å². The molecule has 3 rings (SSSR count). The van der Waals surface area contributed by atoms with E-state index in [0.29, 0.717) is 16.7 Å². The maximum Gasteiger partial charge on any atom is 0.416 e. The lowest BCUT2D eigenvalue weighted by Gasteiger charge is -2.15. The zero-order chi connectivity index (χ0) is 19.8. The van der Waals surface area contributed by atoms with Crippen molar-refractivity contribution >= 4 is 9.84 Å². The summed E-state index contributed by atoms with van der Waals surface area (Å²) in [6.45, 7) is 1.91. The molecule has 0 aliphatic rings. The van der Waals surface area contributed by atoms with Crippen molar-refractivity contribution in [2.45, 2.75) is 18.0 Å². The first-order valence-electron chi connectivity index (χ1n) is 8.14. The van der Waals surface area contributed by atoms with Gasteiger partial charge in [0.1, 0.15) is 0 Å². The number of benzene rings is 3. The van der Waals surface area contributed by atoms with Gasteiger partial charge in [-0.25, -0.2) is 8.42 Å². The molecule has 0 N–H and O–H groups in total. The molecule has 2 nitrogen and oxygen atoms in total. The van der Waals surface area contributed by atoms with Crippen LogP contribution in [0.1, 0.15) is 11.1 Å². The van der Waals surface area contributed by atoms with Gasteiger partial charge in [0.25, 0.3) is 0 Å². The Labute approximate surface area is 156 Å². The number of alkyl halides is 3. The first-order valence-corrected chi connectivity index (χ1v) is 10.0. The zero-order valence-electron chi connectivity index (χ0n) is 14.7. The Morgan fingerprint density at radius 2 is 1.44 bits per heavy atom. The van der Waals surface area contributed by atoms with Gasteiger partial charge in [0.15, 0.2) is 9.84 Å². The third-order valence-electron chi connectivity index (χ3n) is 4.27. The summed E-state index contributed by atoms with van der Waals surface area (Å²) in [5.74, 6) is 0. The van der Waals surface area contributed by atoms with Crippen LogP contribution in [-0.2, 0) is 16.0 Å². The summed E-state index contributed by atoms with van der Waals surface area (Å²) in [7, 11) is -3.38. The second-order valence-electron chi connectivity index (χ2n) is 6.42. The fourth-order valence-corrected chi connectivity index (χ4v) is 3.54. The van der Waals surface area contributed by atoms with Crippen LogP contribution in [0.2, 0.25) is 0 Å². The van der Waals surface area contributed by atoms with E-state index >= 15 is 0 Å². The van der Waals surface area contributed by atoms with Gasteiger partial charge in [0.05, 0.1) is 10.5 Å². The van der Waals surface area contributed by atoms with E-state index in [2.05, 4.69) is 0 Å². The quantitative estimate of drug-likeness (QED) is 0.571. The van der Waals surface area contributed by atoms with E-state index in [4.69, 9.17) is 0 Å². The third-order valence-corrected chi connectivity index (χ3v) is 5.40. The molecule has 6 heteroatoms. The number of sulfone groups is 1. The second-order valence-corrected chi connectivity index (χ2v) is 8.44. The molecule has 0 aliphatic heterocycles. The monoisotopic (exact) mass is 390 g/mol. The molecule has 3 aromatic rings. The maximum absolute atomic E-state index is 13.2. The highest BCUT2D eigenvalue weighted by atomic mass is 32.2. The van der Waals surface area contributed by atoms with Gasteiger partial charge in [-0.1, -0.05) is 48.0 Å². The standard InChI is InChI=1S/C21H17F3O2S/c1-14-4-3-5-16(12-14)19-11-8-17(21(22,23)24)13-20(19)15-6-9-18(10-7-15)27(2,25)26/h3-13H,1-2H3. The van der Waals surface area contributed by atoms with Crippen LogP contribution in [0.4, 0.5) is 13.2 Å². The molecular weight excluding hydrogens is 373 g/mol. The SMILES string of the molecule is Cc1cccc(-c2ccc(C(F)(F)F)cc2-c2ccc(S(C)(=O)=O)cc2)c1. The van der Waals surface area contributed by atoms with Crippen LogP contribution < -0.4 is 0 Å². The first-order chi connectivity index (χ1) is 12.6. The van der Waals surface area contributed by atoms with E-state index in [0.717, 1.165) is 29.5 Å². The minimum Gasteiger partial charge on any atom is -0.224 e. The molecule has 140 valence electrons. The minimum atomic E-state index is -4.47. The molecule has 0 spiro atoms. The topological polar surface area (TPSA) is 34.1 Å². The van der Waals surface area contributed by atoms with E-state index in [9.17, 15) is 21.6 Å². The van der Waals surface area contributed by atoms with Crippen LogP contribution in [0, 0.1) is 6.92 Å². The lowest BCUT2D eigenvalue weighted by Crippen LogP contribution is -2.05. The highest BCUT2D eigenvalue weighted by Gasteiger charge is 2.31. The average molecular weight is 390 g/mol. The van der Waals surface area contributed by atoms with Crippen molar-refractivity contribution in [2.75, 3.05) is 6.26 Å². The molecule has 0 amide bonds. The molecule has 0 atom stereocenters. The number of hydrogen-bond donors (Lipinski definition) is 0. The summed E-state index contributed by atoms with van der Waals surface area (Å²) in [6, 6.07) is 17.0. The van der Waals surface area contributed by atoms with Gasteiger partial charge in [-0.05, 0) is 53.4 Å². The number of aryl methyl sites for hydroxylation is 1. The molecule has 0 bridgehead atoms. The Bertz CT molecular complexity index is 1080. The van der Waals surface area contributed by atoms with Crippen LogP contribution in [0.5, 0.6) is 0 Å². The van der Waals surface area contributed by atoms with Gasteiger partial charge in [-0.15, -0.1) is 0 Å². The summed E-state index contributed by atoms with van der Waals surface area (Å²) in [4.78, 5) is 0.121. The predicted molar refractivity (Wildman–Crippen MR) is 100 cm³/mol. The molecular formula is C21H17F3O2S. The molecule has 0 radical (unpaired) electrons. The zero-order valence-corrected chi connectivity index (χ0v) is 15.5. The smallest absolute Gasteiger partial charge is 0.224 e. The lowest BCUT2D eigenvalue weighted by atomic mass is 9.92. The van der Waals surface area contributed by atoms with E-state index in [-0.39, 0.29) is 4.90 Å². The van der Waals surface area contributed by atoms with Crippen molar-refractivity contribution in [1.29, 1.82) is 0 Å². The minimum absolute atomic E-state index is 0.121. The van der Waals surface area contributed by atoms with Gasteiger partial charge in [0.2, 0.25) is 0 Å². The van der Waals surface area contributed by atoms with Gasteiger partial charge >= 0.3 is 6.18 Å².